The molecular formula is C16H23FO. The Bertz CT molecular complexity index is 339. The molecule has 0 heterocycles. The van der Waals surface area contributed by atoms with E-state index in [4.69, 9.17) is 0 Å². The summed E-state index contributed by atoms with van der Waals surface area (Å²) in [6.07, 6.45) is 9.11. The number of halogens is 1. The Morgan fingerprint density at radius 3 is 2.17 bits per heavy atom. The molecule has 100 valence electrons. The van der Waals surface area contributed by atoms with Crippen LogP contribution in [0.4, 0.5) is 4.39 Å². The van der Waals surface area contributed by atoms with Crippen LogP contribution in [0, 0.1) is 11.7 Å². The van der Waals surface area contributed by atoms with Gasteiger partial charge < -0.3 is 5.11 Å². The van der Waals surface area contributed by atoms with Crippen LogP contribution in [0.3, 0.4) is 0 Å². The second-order valence-electron chi connectivity index (χ2n) is 5.50. The monoisotopic (exact) mass is 250 g/mol. The predicted molar refractivity (Wildman–Crippen MR) is 71.9 cm³/mol. The quantitative estimate of drug-likeness (QED) is 0.856. The minimum atomic E-state index is -0.270. The predicted octanol–water partition coefficient (Wildman–Crippen LogP) is 4.09. The molecule has 1 saturated carbocycles. The van der Waals surface area contributed by atoms with Gasteiger partial charge in [-0.1, -0.05) is 44.2 Å². The summed E-state index contributed by atoms with van der Waals surface area (Å²) in [7, 11) is 0. The Hall–Kier alpha value is -0.890. The average Bonchev–Trinajstić information content (AvgIpc) is 2.31. The number of hydrogen-bond donors (Lipinski definition) is 1. The van der Waals surface area contributed by atoms with E-state index in [0.29, 0.717) is 12.3 Å². The van der Waals surface area contributed by atoms with Crippen LogP contribution in [0.5, 0.6) is 0 Å². The smallest absolute Gasteiger partial charge is 0.123 e. The number of aliphatic hydroxyl groups excluding tert-OH is 1. The van der Waals surface area contributed by atoms with Crippen molar-refractivity contribution in [3.05, 3.63) is 35.6 Å². The summed E-state index contributed by atoms with van der Waals surface area (Å²) in [4.78, 5) is 0. The SMILES string of the molecule is OC(Cc1ccc(F)cc1)C1CCCCCCC1. The van der Waals surface area contributed by atoms with Crippen LogP contribution < -0.4 is 0 Å². The molecule has 1 N–H and O–H groups in total. The van der Waals surface area contributed by atoms with Gasteiger partial charge in [0.25, 0.3) is 0 Å². The van der Waals surface area contributed by atoms with Crippen LogP contribution in [0.2, 0.25) is 0 Å². The lowest BCUT2D eigenvalue weighted by Gasteiger charge is -2.25. The van der Waals surface area contributed by atoms with Crippen LogP contribution in [0.25, 0.3) is 0 Å². The zero-order chi connectivity index (χ0) is 12.8. The zero-order valence-electron chi connectivity index (χ0n) is 10.9. The first-order valence-electron chi connectivity index (χ1n) is 7.18. The highest BCUT2D eigenvalue weighted by atomic mass is 19.1. The zero-order valence-corrected chi connectivity index (χ0v) is 10.9. The fourth-order valence-electron chi connectivity index (χ4n) is 2.90. The van der Waals surface area contributed by atoms with E-state index in [0.717, 1.165) is 18.4 Å². The Morgan fingerprint density at radius 1 is 1.00 bits per heavy atom. The maximum Gasteiger partial charge on any atom is 0.123 e. The van der Waals surface area contributed by atoms with Gasteiger partial charge in [-0.3, -0.25) is 0 Å². The molecule has 1 aliphatic rings. The Balaban J connectivity index is 1.89. The van der Waals surface area contributed by atoms with Crippen molar-refractivity contribution in [3.8, 4) is 0 Å². The molecule has 0 amide bonds. The summed E-state index contributed by atoms with van der Waals surface area (Å²) >= 11 is 0. The maximum absolute atomic E-state index is 12.8. The molecule has 2 rings (SSSR count). The van der Waals surface area contributed by atoms with Crippen molar-refractivity contribution in [3.63, 3.8) is 0 Å². The van der Waals surface area contributed by atoms with Crippen LogP contribution in [-0.4, -0.2) is 11.2 Å². The largest absolute Gasteiger partial charge is 0.392 e. The number of hydrogen-bond acceptors (Lipinski definition) is 1. The van der Waals surface area contributed by atoms with Crippen molar-refractivity contribution in [1.29, 1.82) is 0 Å². The van der Waals surface area contributed by atoms with Gasteiger partial charge in [0.15, 0.2) is 0 Å². The number of aliphatic hydroxyl groups is 1. The molecule has 1 aliphatic carbocycles. The lowest BCUT2D eigenvalue weighted by Crippen LogP contribution is -2.23. The van der Waals surface area contributed by atoms with E-state index >= 15 is 0 Å². The highest BCUT2D eigenvalue weighted by Crippen LogP contribution is 2.26. The standard InChI is InChI=1S/C16H23FO/c17-15-10-8-13(9-11-15)12-16(18)14-6-4-2-1-3-5-7-14/h8-11,14,16,18H,1-7,12H2. The molecule has 0 aliphatic heterocycles. The molecule has 0 bridgehead atoms. The first kappa shape index (κ1) is 13.5. The van der Waals surface area contributed by atoms with Gasteiger partial charge in [-0.05, 0) is 42.9 Å². The first-order valence-corrected chi connectivity index (χ1v) is 7.18. The molecule has 0 saturated heterocycles. The van der Waals surface area contributed by atoms with Crippen molar-refractivity contribution in [2.24, 2.45) is 5.92 Å². The van der Waals surface area contributed by atoms with Gasteiger partial charge in [-0.2, -0.15) is 0 Å². The van der Waals surface area contributed by atoms with Gasteiger partial charge >= 0.3 is 0 Å². The van der Waals surface area contributed by atoms with E-state index in [1.54, 1.807) is 12.1 Å². The molecule has 1 nitrogen and oxygen atoms in total. The molecule has 0 radical (unpaired) electrons. The van der Waals surface area contributed by atoms with E-state index in [1.165, 1.54) is 44.2 Å². The third-order valence-electron chi connectivity index (χ3n) is 4.05. The van der Waals surface area contributed by atoms with E-state index in [9.17, 15) is 9.50 Å². The maximum atomic E-state index is 12.8. The lowest BCUT2D eigenvalue weighted by atomic mass is 9.85. The van der Waals surface area contributed by atoms with E-state index in [-0.39, 0.29) is 11.9 Å². The molecule has 1 fully saturated rings. The lowest BCUT2D eigenvalue weighted by molar-refractivity contribution is 0.0913. The summed E-state index contributed by atoms with van der Waals surface area (Å²) in [5.41, 5.74) is 1.03. The number of benzene rings is 1. The first-order chi connectivity index (χ1) is 8.75. The fraction of sp³-hybridized carbons (Fsp3) is 0.625. The molecule has 1 aromatic carbocycles. The van der Waals surface area contributed by atoms with Crippen molar-refractivity contribution in [1.82, 2.24) is 0 Å². The molecular weight excluding hydrogens is 227 g/mol. The van der Waals surface area contributed by atoms with Gasteiger partial charge in [0, 0.05) is 0 Å². The summed E-state index contributed by atoms with van der Waals surface area (Å²) in [5.74, 6) is 0.217. The van der Waals surface area contributed by atoms with Gasteiger partial charge in [0.2, 0.25) is 0 Å². The second-order valence-corrected chi connectivity index (χ2v) is 5.50. The minimum absolute atomic E-state index is 0.209. The molecule has 0 spiro atoms. The van der Waals surface area contributed by atoms with Gasteiger partial charge in [-0.15, -0.1) is 0 Å². The van der Waals surface area contributed by atoms with E-state index in [1.807, 2.05) is 0 Å². The number of rotatable bonds is 3. The highest BCUT2D eigenvalue weighted by molar-refractivity contribution is 5.16. The molecule has 2 heteroatoms. The summed E-state index contributed by atoms with van der Waals surface area (Å²) in [5, 5.41) is 10.3. The van der Waals surface area contributed by atoms with Gasteiger partial charge in [-0.25, -0.2) is 4.39 Å². The normalized spacial score (nSPS) is 20.1. The molecule has 1 atom stereocenters. The van der Waals surface area contributed by atoms with Crippen molar-refractivity contribution in [2.45, 2.75) is 57.5 Å². The van der Waals surface area contributed by atoms with Crippen LogP contribution in [0.15, 0.2) is 24.3 Å². The van der Waals surface area contributed by atoms with Crippen LogP contribution >= 0.6 is 0 Å². The summed E-state index contributed by atoms with van der Waals surface area (Å²) in [6.45, 7) is 0. The minimum Gasteiger partial charge on any atom is -0.392 e. The second kappa shape index (κ2) is 6.89. The molecule has 1 aromatic rings. The third kappa shape index (κ3) is 4.09. The van der Waals surface area contributed by atoms with Crippen molar-refractivity contribution < 1.29 is 9.50 Å². The third-order valence-corrected chi connectivity index (χ3v) is 4.05. The Kier molecular flexibility index (Phi) is 5.18. The van der Waals surface area contributed by atoms with E-state index < -0.39 is 0 Å². The average molecular weight is 250 g/mol. The highest BCUT2D eigenvalue weighted by Gasteiger charge is 2.20. The van der Waals surface area contributed by atoms with Gasteiger partial charge in [0.05, 0.1) is 6.10 Å². The molecule has 0 aromatic heterocycles. The Morgan fingerprint density at radius 2 is 1.56 bits per heavy atom. The topological polar surface area (TPSA) is 20.2 Å². The summed E-state index contributed by atoms with van der Waals surface area (Å²) in [6, 6.07) is 6.50. The van der Waals surface area contributed by atoms with Crippen LogP contribution in [-0.2, 0) is 6.42 Å². The van der Waals surface area contributed by atoms with Crippen molar-refractivity contribution >= 4 is 0 Å². The molecule has 18 heavy (non-hydrogen) atoms. The summed E-state index contributed by atoms with van der Waals surface area (Å²) < 4.78 is 12.8. The van der Waals surface area contributed by atoms with Gasteiger partial charge in [0.1, 0.15) is 5.82 Å². The van der Waals surface area contributed by atoms with Crippen molar-refractivity contribution in [2.75, 3.05) is 0 Å². The van der Waals surface area contributed by atoms with E-state index in [2.05, 4.69) is 0 Å². The fourth-order valence-corrected chi connectivity index (χ4v) is 2.90. The Labute approximate surface area is 109 Å². The van der Waals surface area contributed by atoms with Crippen LogP contribution in [0.1, 0.15) is 50.5 Å². The molecule has 1 unspecified atom stereocenters.